The van der Waals surface area contributed by atoms with Gasteiger partial charge in [0.05, 0.1) is 10.9 Å². The predicted molar refractivity (Wildman–Crippen MR) is 116 cm³/mol. The molecule has 0 spiro atoms. The number of aromatic hydroxyl groups is 1. The average Bonchev–Trinajstić information content (AvgIpc) is 3.33. The van der Waals surface area contributed by atoms with E-state index >= 15 is 0 Å². The molecule has 3 aromatic heterocycles. The molecule has 0 amide bonds. The lowest BCUT2D eigenvalue weighted by Crippen LogP contribution is -1.83. The van der Waals surface area contributed by atoms with Gasteiger partial charge in [-0.1, -0.05) is 49.4 Å². The highest BCUT2D eigenvalue weighted by atomic mass is 32.1. The van der Waals surface area contributed by atoms with Crippen LogP contribution in [0.1, 0.15) is 12.5 Å². The number of H-pyrrole nitrogens is 1. The number of aryl methyl sites for hydroxylation is 1. The molecule has 0 aliphatic carbocycles. The Labute approximate surface area is 170 Å². The van der Waals surface area contributed by atoms with Gasteiger partial charge in [0, 0.05) is 16.3 Å². The molecule has 0 bridgehead atoms. The van der Waals surface area contributed by atoms with Crippen LogP contribution in [-0.2, 0) is 6.42 Å². The van der Waals surface area contributed by atoms with E-state index in [1.807, 2.05) is 24.3 Å². The van der Waals surface area contributed by atoms with Crippen molar-refractivity contribution in [3.05, 3.63) is 65.8 Å². The van der Waals surface area contributed by atoms with E-state index < -0.39 is 0 Å². The maximum Gasteiger partial charge on any atom is 0.218 e. The van der Waals surface area contributed by atoms with Gasteiger partial charge in [0.15, 0.2) is 11.5 Å². The van der Waals surface area contributed by atoms with E-state index in [1.165, 1.54) is 11.9 Å². The number of hydrogen-bond acceptors (Lipinski definition) is 6. The third-order valence-corrected chi connectivity index (χ3v) is 5.81. The van der Waals surface area contributed by atoms with Crippen molar-refractivity contribution in [3.8, 4) is 17.0 Å². The Morgan fingerprint density at radius 1 is 1.03 bits per heavy atom. The van der Waals surface area contributed by atoms with Gasteiger partial charge in [-0.25, -0.2) is 9.97 Å². The number of rotatable bonds is 4. The number of fused-ring (bicyclic) bond motifs is 2. The Morgan fingerprint density at radius 3 is 2.69 bits per heavy atom. The molecule has 0 unspecified atom stereocenters. The van der Waals surface area contributed by atoms with Crippen molar-refractivity contribution in [3.63, 3.8) is 0 Å². The SMILES string of the molecule is CCc1ccc(-c2csc3ncnc(N=Nc4c(O)[nH]c5ccccc45)c23)cc1. The number of para-hydroxylation sites is 1. The van der Waals surface area contributed by atoms with E-state index in [9.17, 15) is 5.11 Å². The van der Waals surface area contributed by atoms with Crippen LogP contribution in [-0.4, -0.2) is 20.1 Å². The van der Waals surface area contributed by atoms with Crippen LogP contribution in [0, 0.1) is 0 Å². The molecule has 0 radical (unpaired) electrons. The van der Waals surface area contributed by atoms with Gasteiger partial charge in [-0.05, 0) is 23.6 Å². The molecule has 0 atom stereocenters. The van der Waals surface area contributed by atoms with Crippen LogP contribution in [0.4, 0.5) is 11.5 Å². The van der Waals surface area contributed by atoms with Crippen molar-refractivity contribution < 1.29 is 5.11 Å². The lowest BCUT2D eigenvalue weighted by molar-refractivity contribution is 0.459. The van der Waals surface area contributed by atoms with E-state index in [-0.39, 0.29) is 5.88 Å². The molecule has 142 valence electrons. The summed E-state index contributed by atoms with van der Waals surface area (Å²) in [6, 6.07) is 16.1. The van der Waals surface area contributed by atoms with Crippen LogP contribution >= 0.6 is 11.3 Å². The first-order valence-electron chi connectivity index (χ1n) is 9.27. The topological polar surface area (TPSA) is 86.5 Å². The lowest BCUT2D eigenvalue weighted by atomic mass is 10.0. The molecule has 0 fully saturated rings. The van der Waals surface area contributed by atoms with E-state index in [0.29, 0.717) is 11.5 Å². The fourth-order valence-corrected chi connectivity index (χ4v) is 4.29. The summed E-state index contributed by atoms with van der Waals surface area (Å²) in [5, 5.41) is 22.7. The van der Waals surface area contributed by atoms with Crippen LogP contribution in [0.15, 0.2) is 70.5 Å². The second-order valence-electron chi connectivity index (χ2n) is 6.65. The number of aromatic amines is 1. The number of aromatic nitrogens is 3. The van der Waals surface area contributed by atoms with Crippen LogP contribution < -0.4 is 0 Å². The number of azo groups is 1. The molecule has 2 aromatic carbocycles. The van der Waals surface area contributed by atoms with E-state index in [1.54, 1.807) is 11.3 Å². The van der Waals surface area contributed by atoms with Gasteiger partial charge in [0.1, 0.15) is 11.2 Å². The number of benzene rings is 2. The van der Waals surface area contributed by atoms with Crippen molar-refractivity contribution in [2.75, 3.05) is 0 Å². The summed E-state index contributed by atoms with van der Waals surface area (Å²) in [6.07, 6.45) is 2.49. The van der Waals surface area contributed by atoms with E-state index in [2.05, 4.69) is 61.7 Å². The monoisotopic (exact) mass is 399 g/mol. The maximum atomic E-state index is 10.2. The normalized spacial score (nSPS) is 11.8. The summed E-state index contributed by atoms with van der Waals surface area (Å²) < 4.78 is 0. The van der Waals surface area contributed by atoms with Gasteiger partial charge in [-0.15, -0.1) is 21.6 Å². The standard InChI is InChI=1S/C22H17N5OS/c1-2-13-7-9-14(10-8-13)16-11-29-22-18(16)20(23-12-24-22)27-26-19-15-5-3-4-6-17(15)25-21(19)28/h3-12,25,28H,2H2,1H3. The first-order chi connectivity index (χ1) is 14.2. The zero-order valence-electron chi connectivity index (χ0n) is 15.6. The molecular weight excluding hydrogens is 382 g/mol. The summed E-state index contributed by atoms with van der Waals surface area (Å²) in [5.74, 6) is 0.469. The fraction of sp³-hybridized carbons (Fsp3) is 0.0909. The third-order valence-electron chi connectivity index (χ3n) is 4.93. The molecule has 0 saturated heterocycles. The van der Waals surface area contributed by atoms with Gasteiger partial charge in [-0.3, -0.25) is 0 Å². The molecular formula is C22H17N5OS. The van der Waals surface area contributed by atoms with Gasteiger partial charge in [0.25, 0.3) is 0 Å². The molecule has 3 heterocycles. The summed E-state index contributed by atoms with van der Waals surface area (Å²) >= 11 is 1.55. The molecule has 5 aromatic rings. The number of hydrogen-bond donors (Lipinski definition) is 2. The number of nitrogens with one attached hydrogen (secondary N) is 1. The Bertz CT molecular complexity index is 1350. The van der Waals surface area contributed by atoms with Crippen LogP contribution in [0.2, 0.25) is 0 Å². The smallest absolute Gasteiger partial charge is 0.218 e. The second-order valence-corrected chi connectivity index (χ2v) is 7.50. The summed E-state index contributed by atoms with van der Waals surface area (Å²) in [7, 11) is 0. The average molecular weight is 399 g/mol. The number of nitrogens with zero attached hydrogens (tertiary/aromatic N) is 4. The minimum absolute atomic E-state index is 0.0130. The highest BCUT2D eigenvalue weighted by Gasteiger charge is 2.14. The second kappa shape index (κ2) is 7.10. The largest absolute Gasteiger partial charge is 0.493 e. The van der Waals surface area contributed by atoms with Gasteiger partial charge in [-0.2, -0.15) is 0 Å². The lowest BCUT2D eigenvalue weighted by Gasteiger charge is -2.03. The zero-order valence-corrected chi connectivity index (χ0v) is 16.4. The predicted octanol–water partition coefficient (Wildman–Crippen LogP) is 6.52. The Balaban J connectivity index is 1.62. The molecule has 0 saturated carbocycles. The third kappa shape index (κ3) is 3.05. The first-order valence-corrected chi connectivity index (χ1v) is 10.2. The summed E-state index contributed by atoms with van der Waals surface area (Å²) in [6.45, 7) is 2.14. The van der Waals surface area contributed by atoms with Gasteiger partial charge >= 0.3 is 0 Å². The maximum absolute atomic E-state index is 10.2. The van der Waals surface area contributed by atoms with Crippen LogP contribution in [0.25, 0.3) is 32.2 Å². The highest BCUT2D eigenvalue weighted by molar-refractivity contribution is 7.17. The summed E-state index contributed by atoms with van der Waals surface area (Å²) in [5.41, 5.74) is 4.62. The van der Waals surface area contributed by atoms with Gasteiger partial charge in [0.2, 0.25) is 5.88 Å². The Hall–Kier alpha value is -3.58. The van der Waals surface area contributed by atoms with Crippen LogP contribution in [0.3, 0.4) is 0 Å². The van der Waals surface area contributed by atoms with Crippen molar-refractivity contribution >= 4 is 44.0 Å². The van der Waals surface area contributed by atoms with Crippen molar-refractivity contribution in [1.29, 1.82) is 0 Å². The Kier molecular flexibility index (Phi) is 4.29. The zero-order chi connectivity index (χ0) is 19.8. The molecule has 6 nitrogen and oxygen atoms in total. The van der Waals surface area contributed by atoms with Crippen molar-refractivity contribution in [2.45, 2.75) is 13.3 Å². The molecule has 0 aliphatic heterocycles. The summed E-state index contributed by atoms with van der Waals surface area (Å²) in [4.78, 5) is 12.5. The molecule has 0 aliphatic rings. The van der Waals surface area contributed by atoms with Crippen LogP contribution in [0.5, 0.6) is 5.88 Å². The van der Waals surface area contributed by atoms with Crippen molar-refractivity contribution in [1.82, 2.24) is 15.0 Å². The highest BCUT2D eigenvalue weighted by Crippen LogP contribution is 2.40. The van der Waals surface area contributed by atoms with Gasteiger partial charge < -0.3 is 10.1 Å². The Morgan fingerprint density at radius 2 is 1.86 bits per heavy atom. The fourth-order valence-electron chi connectivity index (χ4n) is 3.38. The quantitative estimate of drug-likeness (QED) is 0.337. The molecule has 5 rings (SSSR count). The molecule has 2 N–H and O–H groups in total. The molecule has 29 heavy (non-hydrogen) atoms. The first kappa shape index (κ1) is 17.5. The minimum Gasteiger partial charge on any atom is -0.493 e. The van der Waals surface area contributed by atoms with Crippen molar-refractivity contribution in [2.24, 2.45) is 10.2 Å². The molecule has 7 heteroatoms. The number of thiophene rings is 1. The minimum atomic E-state index is -0.0130. The van der Waals surface area contributed by atoms with E-state index in [0.717, 1.165) is 38.7 Å². The van der Waals surface area contributed by atoms with E-state index in [4.69, 9.17) is 0 Å².